The third kappa shape index (κ3) is 4.19. The van der Waals surface area contributed by atoms with E-state index in [1.807, 2.05) is 0 Å². The predicted molar refractivity (Wildman–Crippen MR) is 90.9 cm³/mol. The van der Waals surface area contributed by atoms with E-state index in [1.165, 1.54) is 42.6 Å². The van der Waals surface area contributed by atoms with Crippen molar-refractivity contribution in [2.75, 3.05) is 24.5 Å². The van der Waals surface area contributed by atoms with E-state index >= 15 is 0 Å². The van der Waals surface area contributed by atoms with Crippen molar-refractivity contribution in [1.82, 2.24) is 10.3 Å². The molecule has 1 unspecified atom stereocenters. The second-order valence-electron chi connectivity index (χ2n) is 6.36. The van der Waals surface area contributed by atoms with Crippen molar-refractivity contribution in [3.8, 4) is 0 Å². The van der Waals surface area contributed by atoms with Crippen LogP contribution >= 0.6 is 0 Å². The molecule has 0 radical (unpaired) electrons. The van der Waals surface area contributed by atoms with Gasteiger partial charge in [-0.3, -0.25) is 0 Å². The molecule has 1 saturated heterocycles. The first-order valence-electron chi connectivity index (χ1n) is 8.58. The van der Waals surface area contributed by atoms with E-state index in [2.05, 4.69) is 44.0 Å². The fraction of sp³-hybridized carbons (Fsp3) is 0.722. The average Bonchev–Trinajstić information content (AvgIpc) is 2.71. The first-order valence-corrected chi connectivity index (χ1v) is 8.58. The molecule has 1 atom stereocenters. The van der Waals surface area contributed by atoms with Crippen molar-refractivity contribution in [2.45, 2.75) is 59.9 Å². The minimum atomic E-state index is 0.901. The summed E-state index contributed by atoms with van der Waals surface area (Å²) in [7, 11) is 0. The summed E-state index contributed by atoms with van der Waals surface area (Å²) in [5, 5.41) is 3.47. The molecule has 2 heterocycles. The van der Waals surface area contributed by atoms with Crippen LogP contribution in [0.25, 0.3) is 0 Å². The zero-order chi connectivity index (χ0) is 15.2. The molecule has 1 aromatic heterocycles. The highest BCUT2D eigenvalue weighted by Gasteiger charge is 2.20. The Morgan fingerprint density at radius 3 is 2.76 bits per heavy atom. The molecule has 3 nitrogen and oxygen atoms in total. The fourth-order valence-electron chi connectivity index (χ4n) is 3.36. The van der Waals surface area contributed by atoms with E-state index in [4.69, 9.17) is 4.98 Å². The van der Waals surface area contributed by atoms with Gasteiger partial charge >= 0.3 is 0 Å². The summed E-state index contributed by atoms with van der Waals surface area (Å²) in [6, 6.07) is 2.21. The van der Waals surface area contributed by atoms with Gasteiger partial charge in [-0.1, -0.05) is 20.3 Å². The second-order valence-corrected chi connectivity index (χ2v) is 6.36. The van der Waals surface area contributed by atoms with Gasteiger partial charge in [0.25, 0.3) is 0 Å². The van der Waals surface area contributed by atoms with Crippen molar-refractivity contribution >= 4 is 5.82 Å². The quantitative estimate of drug-likeness (QED) is 0.893. The number of aromatic nitrogens is 1. The number of hydrogen-bond donors (Lipinski definition) is 1. The molecule has 0 aromatic carbocycles. The molecular formula is C18H31N3. The highest BCUT2D eigenvalue weighted by molar-refractivity contribution is 5.51. The van der Waals surface area contributed by atoms with Gasteiger partial charge in [-0.05, 0) is 57.2 Å². The molecule has 1 aromatic rings. The van der Waals surface area contributed by atoms with Gasteiger partial charge in [-0.2, -0.15) is 0 Å². The monoisotopic (exact) mass is 289 g/mol. The minimum absolute atomic E-state index is 0.901. The van der Waals surface area contributed by atoms with Crippen LogP contribution in [0.3, 0.4) is 0 Å². The number of pyridine rings is 1. The Labute approximate surface area is 130 Å². The lowest BCUT2D eigenvalue weighted by Gasteiger charge is -2.26. The standard InChI is InChI=1S/C18H31N3/c1-5-16-8-7-10-21(11-9-16)18-17(13-19-6-2)14(3)12-15(4)20-18/h12,16,19H,5-11,13H2,1-4H3. The smallest absolute Gasteiger partial charge is 0.133 e. The van der Waals surface area contributed by atoms with Crippen LogP contribution in [0.5, 0.6) is 0 Å². The Morgan fingerprint density at radius 2 is 2.05 bits per heavy atom. The molecule has 21 heavy (non-hydrogen) atoms. The lowest BCUT2D eigenvalue weighted by molar-refractivity contribution is 0.459. The SMILES string of the molecule is CCNCc1c(C)cc(C)nc1N1CCCC(CC)CC1. The molecule has 1 N–H and O–H groups in total. The molecule has 0 spiro atoms. The summed E-state index contributed by atoms with van der Waals surface area (Å²) in [6.45, 7) is 13.1. The van der Waals surface area contributed by atoms with Crippen LogP contribution in [0.1, 0.15) is 56.4 Å². The van der Waals surface area contributed by atoms with Crippen molar-refractivity contribution in [1.29, 1.82) is 0 Å². The fourth-order valence-corrected chi connectivity index (χ4v) is 3.36. The van der Waals surface area contributed by atoms with E-state index < -0.39 is 0 Å². The molecule has 1 aliphatic rings. The molecule has 3 heteroatoms. The maximum atomic E-state index is 4.89. The van der Waals surface area contributed by atoms with Gasteiger partial charge in [0.2, 0.25) is 0 Å². The van der Waals surface area contributed by atoms with Crippen molar-refractivity contribution < 1.29 is 0 Å². The van der Waals surface area contributed by atoms with E-state index in [0.717, 1.165) is 37.8 Å². The molecule has 0 bridgehead atoms. The molecule has 0 amide bonds. The number of nitrogens with zero attached hydrogens (tertiary/aromatic N) is 2. The lowest BCUT2D eigenvalue weighted by atomic mass is 9.98. The van der Waals surface area contributed by atoms with E-state index in [0.29, 0.717) is 0 Å². The molecule has 0 aliphatic carbocycles. The van der Waals surface area contributed by atoms with Crippen LogP contribution in [0.2, 0.25) is 0 Å². The van der Waals surface area contributed by atoms with Gasteiger partial charge in [-0.15, -0.1) is 0 Å². The summed E-state index contributed by atoms with van der Waals surface area (Å²) in [4.78, 5) is 7.42. The van der Waals surface area contributed by atoms with Crippen LogP contribution in [0.4, 0.5) is 5.82 Å². The van der Waals surface area contributed by atoms with Gasteiger partial charge in [0.05, 0.1) is 0 Å². The van der Waals surface area contributed by atoms with E-state index in [9.17, 15) is 0 Å². The molecule has 2 rings (SSSR count). The van der Waals surface area contributed by atoms with Gasteiger partial charge in [0, 0.05) is 30.9 Å². The number of aryl methyl sites for hydroxylation is 2. The maximum Gasteiger partial charge on any atom is 0.133 e. The third-order valence-corrected chi connectivity index (χ3v) is 4.73. The van der Waals surface area contributed by atoms with Crippen LogP contribution < -0.4 is 10.2 Å². The number of nitrogens with one attached hydrogen (secondary N) is 1. The minimum Gasteiger partial charge on any atom is -0.356 e. The first kappa shape index (κ1) is 16.3. The highest BCUT2D eigenvalue weighted by Crippen LogP contribution is 2.27. The topological polar surface area (TPSA) is 28.2 Å². The molecule has 0 saturated carbocycles. The normalized spacial score (nSPS) is 19.6. The zero-order valence-electron chi connectivity index (χ0n) is 14.2. The van der Waals surface area contributed by atoms with Gasteiger partial charge in [-0.25, -0.2) is 4.98 Å². The van der Waals surface area contributed by atoms with Crippen LogP contribution in [0, 0.1) is 19.8 Å². The van der Waals surface area contributed by atoms with Gasteiger partial charge in [0.1, 0.15) is 5.82 Å². The summed E-state index contributed by atoms with van der Waals surface area (Å²) < 4.78 is 0. The van der Waals surface area contributed by atoms with Crippen molar-refractivity contribution in [3.05, 3.63) is 22.9 Å². The second kappa shape index (κ2) is 7.79. The highest BCUT2D eigenvalue weighted by atomic mass is 15.2. The van der Waals surface area contributed by atoms with Crippen LogP contribution in [0.15, 0.2) is 6.07 Å². The average molecular weight is 289 g/mol. The van der Waals surface area contributed by atoms with E-state index in [1.54, 1.807) is 0 Å². The van der Waals surface area contributed by atoms with Gasteiger partial charge < -0.3 is 10.2 Å². The molecule has 1 fully saturated rings. The maximum absolute atomic E-state index is 4.89. The third-order valence-electron chi connectivity index (χ3n) is 4.73. The van der Waals surface area contributed by atoms with Crippen molar-refractivity contribution in [2.24, 2.45) is 5.92 Å². The number of hydrogen-bond acceptors (Lipinski definition) is 3. The van der Waals surface area contributed by atoms with Crippen molar-refractivity contribution in [3.63, 3.8) is 0 Å². The Kier molecular flexibility index (Phi) is 6.04. The zero-order valence-corrected chi connectivity index (χ0v) is 14.2. The van der Waals surface area contributed by atoms with Gasteiger partial charge in [0.15, 0.2) is 0 Å². The van der Waals surface area contributed by atoms with Crippen LogP contribution in [-0.4, -0.2) is 24.6 Å². The van der Waals surface area contributed by atoms with E-state index in [-0.39, 0.29) is 0 Å². The Morgan fingerprint density at radius 1 is 1.24 bits per heavy atom. The molecular weight excluding hydrogens is 258 g/mol. The predicted octanol–water partition coefficient (Wildman–Crippen LogP) is 3.82. The Hall–Kier alpha value is -1.09. The summed E-state index contributed by atoms with van der Waals surface area (Å²) in [6.07, 6.45) is 5.30. The summed E-state index contributed by atoms with van der Waals surface area (Å²) >= 11 is 0. The summed E-state index contributed by atoms with van der Waals surface area (Å²) in [5.74, 6) is 2.13. The first-order chi connectivity index (χ1) is 10.2. The molecule has 118 valence electrons. The largest absolute Gasteiger partial charge is 0.356 e. The number of anilines is 1. The number of rotatable bonds is 5. The lowest BCUT2D eigenvalue weighted by Crippen LogP contribution is -2.28. The molecule has 1 aliphatic heterocycles. The Balaban J connectivity index is 2.24. The van der Waals surface area contributed by atoms with Crippen LogP contribution in [-0.2, 0) is 6.54 Å². The summed E-state index contributed by atoms with van der Waals surface area (Å²) in [5.41, 5.74) is 3.89. The Bertz CT molecular complexity index is 456.